The molecule has 234 valence electrons. The van der Waals surface area contributed by atoms with E-state index in [0.717, 1.165) is 4.90 Å². The summed E-state index contributed by atoms with van der Waals surface area (Å²) in [6, 6.07) is 9.27. The first-order chi connectivity index (χ1) is 20.7. The number of nitrogens with one attached hydrogen (secondary N) is 2. The van der Waals surface area contributed by atoms with Crippen LogP contribution in [0.1, 0.15) is 43.2 Å². The maximum atomic E-state index is 15.4. The Hall–Kier alpha value is -3.71. The fraction of sp³-hybridized carbons (Fsp3) is 0.452. The number of sulfone groups is 1. The van der Waals surface area contributed by atoms with Gasteiger partial charge in [0.2, 0.25) is 26.8 Å². The van der Waals surface area contributed by atoms with E-state index < -0.39 is 74.7 Å². The van der Waals surface area contributed by atoms with E-state index in [-0.39, 0.29) is 36.3 Å². The van der Waals surface area contributed by atoms with Crippen LogP contribution in [-0.2, 0) is 29.8 Å². The quantitative estimate of drug-likeness (QED) is 0.431. The fourth-order valence-electron chi connectivity index (χ4n) is 7.32. The van der Waals surface area contributed by atoms with Gasteiger partial charge in [-0.25, -0.2) is 17.2 Å². The third-order valence-electron chi connectivity index (χ3n) is 9.39. The number of alkyl halides is 2. The van der Waals surface area contributed by atoms with Crippen LogP contribution in [-0.4, -0.2) is 73.0 Å². The molecule has 7 rings (SSSR count). The van der Waals surface area contributed by atoms with Crippen molar-refractivity contribution in [1.29, 1.82) is 0 Å². The van der Waals surface area contributed by atoms with Crippen molar-refractivity contribution < 1.29 is 41.1 Å². The second kappa shape index (κ2) is 10.7. The Bertz CT molecular complexity index is 1630. The van der Waals surface area contributed by atoms with Crippen LogP contribution in [0.2, 0.25) is 0 Å². The van der Waals surface area contributed by atoms with Crippen molar-refractivity contribution in [3.05, 3.63) is 70.9 Å². The normalized spacial score (nSPS) is 27.3. The van der Waals surface area contributed by atoms with Gasteiger partial charge >= 0.3 is 0 Å². The average molecular weight is 632 g/mol. The van der Waals surface area contributed by atoms with Crippen LogP contribution in [0.3, 0.4) is 0 Å². The second-order valence-corrected chi connectivity index (χ2v) is 14.1. The average Bonchev–Trinajstić information content (AvgIpc) is 3.50. The first-order valence-corrected chi connectivity index (χ1v) is 16.4. The summed E-state index contributed by atoms with van der Waals surface area (Å²) in [5.41, 5.74) is -0.529. The minimum atomic E-state index is -4.31. The molecule has 3 aliphatic heterocycles. The zero-order valence-corrected chi connectivity index (χ0v) is 24.6. The predicted octanol–water partition coefficient (Wildman–Crippen LogP) is 2.78. The van der Waals surface area contributed by atoms with Crippen LogP contribution in [0.15, 0.2) is 59.8 Å². The molecule has 5 aliphatic rings. The predicted molar refractivity (Wildman–Crippen MR) is 153 cm³/mol. The van der Waals surface area contributed by atoms with Crippen molar-refractivity contribution >= 4 is 27.6 Å². The van der Waals surface area contributed by atoms with E-state index in [2.05, 4.69) is 10.6 Å². The molecule has 2 aliphatic carbocycles. The minimum absolute atomic E-state index is 0.0750. The Morgan fingerprint density at radius 2 is 1.70 bits per heavy atom. The summed E-state index contributed by atoms with van der Waals surface area (Å²) >= 11 is 0. The van der Waals surface area contributed by atoms with Gasteiger partial charge in [-0.1, -0.05) is 48.5 Å². The van der Waals surface area contributed by atoms with E-state index in [9.17, 15) is 32.3 Å². The molecule has 0 radical (unpaired) electrons. The van der Waals surface area contributed by atoms with Crippen molar-refractivity contribution in [1.82, 2.24) is 15.5 Å². The summed E-state index contributed by atoms with van der Waals surface area (Å²) in [4.78, 5) is 41.8. The van der Waals surface area contributed by atoms with Crippen molar-refractivity contribution in [2.75, 3.05) is 12.8 Å². The van der Waals surface area contributed by atoms with Gasteiger partial charge < -0.3 is 20.6 Å². The van der Waals surface area contributed by atoms with Crippen molar-refractivity contribution in [2.24, 2.45) is 11.8 Å². The van der Waals surface area contributed by atoms with E-state index in [1.165, 1.54) is 0 Å². The van der Waals surface area contributed by atoms with Crippen LogP contribution < -0.4 is 10.6 Å². The third-order valence-corrected chi connectivity index (χ3v) is 10.2. The maximum Gasteiger partial charge on any atom is 0.264 e. The van der Waals surface area contributed by atoms with Gasteiger partial charge in [0, 0.05) is 42.3 Å². The topological polar surface area (TPSA) is 133 Å². The van der Waals surface area contributed by atoms with Gasteiger partial charge in [-0.3, -0.25) is 14.4 Å². The van der Waals surface area contributed by atoms with Crippen LogP contribution >= 0.6 is 0 Å². The number of amides is 3. The molecule has 4 fully saturated rings. The maximum absolute atomic E-state index is 15.4. The van der Waals surface area contributed by atoms with Crippen LogP contribution in [0, 0.1) is 11.8 Å². The number of halogens is 3. The molecule has 2 aromatic carbocycles. The Morgan fingerprint density at radius 3 is 2.25 bits per heavy atom. The molecular formula is C31H32F3N3O6S. The molecule has 2 aromatic rings. The van der Waals surface area contributed by atoms with E-state index in [4.69, 9.17) is 0 Å². The summed E-state index contributed by atoms with van der Waals surface area (Å²) < 4.78 is 69.1. The highest BCUT2D eigenvalue weighted by Crippen LogP contribution is 2.53. The van der Waals surface area contributed by atoms with Crippen LogP contribution in [0.5, 0.6) is 0 Å². The van der Waals surface area contributed by atoms with Gasteiger partial charge in [-0.05, 0) is 42.9 Å². The molecule has 3 N–H and O–H groups in total. The smallest absolute Gasteiger partial charge is 0.264 e. The monoisotopic (exact) mass is 631 g/mol. The largest absolute Gasteiger partial charge is 0.372 e. The highest BCUT2D eigenvalue weighted by molar-refractivity contribution is 7.94. The number of carbonyl (C=O) groups is 3. The standard InChI is InChI=1S/C31H32F3N3O6S/c1-44(42,43)25(32)15-18(14-17-12-13-35-27(17)38)36-28(39)26-24-11-10-19(16-30(24,33)34)37(26)29(40)31(41)22-8-4-2-6-20(22)21-7-3-5-9-23(21)31/h2-9,15,17-19,24,26,41H,10-14,16H2,1H3,(H,35,38)(H,36,39)/b25-15+/t17-,18-,19-,24-,26-/m1/s1. The molecule has 0 unspecified atom stereocenters. The number of aliphatic hydroxyl groups is 1. The van der Waals surface area contributed by atoms with E-state index >= 15 is 8.78 Å². The van der Waals surface area contributed by atoms with Crippen LogP contribution in [0.25, 0.3) is 11.1 Å². The summed E-state index contributed by atoms with van der Waals surface area (Å²) in [5.74, 6) is -7.94. The molecule has 0 spiro atoms. The lowest BCUT2D eigenvalue weighted by Crippen LogP contribution is -2.70. The molecule has 3 saturated heterocycles. The molecule has 5 atom stereocenters. The minimum Gasteiger partial charge on any atom is -0.372 e. The Balaban J connectivity index is 1.39. The summed E-state index contributed by atoms with van der Waals surface area (Å²) in [5, 5.41) is 15.8. The highest BCUT2D eigenvalue weighted by Gasteiger charge is 2.63. The molecule has 3 amide bonds. The van der Waals surface area contributed by atoms with Gasteiger partial charge in [0.15, 0.2) is 5.60 Å². The molecule has 13 heteroatoms. The highest BCUT2D eigenvalue weighted by atomic mass is 32.2. The molecule has 1 saturated carbocycles. The SMILES string of the molecule is CS(=O)(=O)/C(F)=C/[C@@H](C[C@H]1CCNC1=O)NC(=O)[C@H]1[C@H]2CC[C@H](CC2(F)F)N1C(=O)C1(O)c2ccccc2-c2ccccc21. The molecule has 0 aromatic heterocycles. The number of carbonyl (C=O) groups excluding carboxylic acids is 3. The van der Waals surface area contributed by atoms with Crippen LogP contribution in [0.4, 0.5) is 13.2 Å². The van der Waals surface area contributed by atoms with Gasteiger partial charge in [0.25, 0.3) is 11.8 Å². The lowest BCUT2D eigenvalue weighted by molar-refractivity contribution is -0.201. The van der Waals surface area contributed by atoms with Gasteiger partial charge in [0.05, 0.1) is 12.0 Å². The number of benzene rings is 2. The Labute approximate surface area is 252 Å². The summed E-state index contributed by atoms with van der Waals surface area (Å²) in [7, 11) is -4.31. The Kier molecular flexibility index (Phi) is 7.39. The van der Waals surface area contributed by atoms with Gasteiger partial charge in [-0.15, -0.1) is 0 Å². The lowest BCUT2D eigenvalue weighted by Gasteiger charge is -2.55. The van der Waals surface area contributed by atoms with Gasteiger partial charge in [0.1, 0.15) is 6.04 Å². The zero-order chi connectivity index (χ0) is 31.6. The molecule has 3 heterocycles. The second-order valence-electron chi connectivity index (χ2n) is 12.1. The first-order valence-electron chi connectivity index (χ1n) is 14.5. The number of nitrogens with zero attached hydrogens (tertiary/aromatic N) is 1. The zero-order valence-electron chi connectivity index (χ0n) is 23.8. The molecule has 44 heavy (non-hydrogen) atoms. The number of fused-ring (bicyclic) bond motifs is 6. The molecular weight excluding hydrogens is 599 g/mol. The number of hydrogen-bond acceptors (Lipinski definition) is 6. The van der Waals surface area contributed by atoms with Crippen molar-refractivity contribution in [3.8, 4) is 11.1 Å². The first kappa shape index (κ1) is 30.3. The molecule has 9 nitrogen and oxygen atoms in total. The fourth-order valence-corrected chi connectivity index (χ4v) is 7.73. The van der Waals surface area contributed by atoms with E-state index in [1.807, 2.05) is 0 Å². The van der Waals surface area contributed by atoms with E-state index in [0.29, 0.717) is 36.4 Å². The van der Waals surface area contributed by atoms with E-state index in [1.54, 1.807) is 48.5 Å². The van der Waals surface area contributed by atoms with Crippen molar-refractivity contribution in [2.45, 2.75) is 61.8 Å². The number of hydrogen-bond donors (Lipinski definition) is 3. The molecule has 2 bridgehead atoms. The van der Waals surface area contributed by atoms with Gasteiger partial charge in [-0.2, -0.15) is 4.39 Å². The number of piperidine rings is 2. The number of rotatable bonds is 7. The van der Waals surface area contributed by atoms with Crippen molar-refractivity contribution in [3.63, 3.8) is 0 Å². The third kappa shape index (κ3) is 4.90. The Morgan fingerprint density at radius 1 is 1.09 bits per heavy atom. The summed E-state index contributed by atoms with van der Waals surface area (Å²) in [6.07, 6.45) is 0.872. The lowest BCUT2D eigenvalue weighted by atomic mass is 9.70. The summed E-state index contributed by atoms with van der Waals surface area (Å²) in [6.45, 7) is 0.338.